The molecule has 0 bridgehead atoms. The molecular weight excluding hydrogens is 562 g/mol. The summed E-state index contributed by atoms with van der Waals surface area (Å²) in [5.74, 6) is 0. The second kappa shape index (κ2) is 11.7. The Bertz CT molecular complexity index is 569. The molecule has 0 aromatic rings. The van der Waals surface area contributed by atoms with Gasteiger partial charge in [-0.25, -0.2) is 30.2 Å². The van der Waals surface area contributed by atoms with Crippen molar-refractivity contribution in [3.63, 3.8) is 0 Å². The molecule has 0 spiro atoms. The predicted molar refractivity (Wildman–Crippen MR) is 109 cm³/mol. The van der Waals surface area contributed by atoms with Crippen LogP contribution in [0.25, 0.3) is 0 Å². The molecule has 0 saturated carbocycles. The standard InChI is InChI=1S/2C10H15.C4H7.ClH.U/c2*1-7-6-10(4,5)9(3)8(7)2;1-4(2)3;;/h2*1-5H3;1-2H2,3H3;1H;/q3*-1;;+3/p-1. The summed E-state index contributed by atoms with van der Waals surface area (Å²) in [5, 5.41) is 0. The van der Waals surface area contributed by atoms with Crippen molar-refractivity contribution in [1.82, 2.24) is 0 Å². The molecule has 2 rings (SSSR count). The van der Waals surface area contributed by atoms with Crippen LogP contribution in [0.2, 0.25) is 0 Å². The van der Waals surface area contributed by atoms with E-state index in [-0.39, 0.29) is 54.4 Å². The molecule has 2 heteroatoms. The summed E-state index contributed by atoms with van der Waals surface area (Å²) >= 11 is 0. The minimum Gasteiger partial charge on any atom is -1.00 e. The first-order valence-electron chi connectivity index (χ1n) is 8.71. The van der Waals surface area contributed by atoms with Crippen LogP contribution in [0.5, 0.6) is 0 Å². The van der Waals surface area contributed by atoms with E-state index in [9.17, 15) is 0 Å². The van der Waals surface area contributed by atoms with Crippen LogP contribution in [0.15, 0.2) is 45.6 Å². The van der Waals surface area contributed by atoms with Gasteiger partial charge in [-0.05, 0) is 0 Å². The molecule has 0 N–H and O–H groups in total. The van der Waals surface area contributed by atoms with Crippen molar-refractivity contribution in [3.05, 3.63) is 64.7 Å². The average Bonchev–Trinajstić information content (AvgIpc) is 2.69. The first-order valence-corrected chi connectivity index (χ1v) is 8.71. The zero-order valence-electron chi connectivity index (χ0n) is 18.8. The van der Waals surface area contributed by atoms with Crippen LogP contribution in [-0.2, 0) is 0 Å². The molecule has 2 aliphatic rings. The molecule has 145 valence electrons. The molecule has 0 fully saturated rings. The summed E-state index contributed by atoms with van der Waals surface area (Å²) < 4.78 is 0. The van der Waals surface area contributed by atoms with E-state index in [0.29, 0.717) is 0 Å². The monoisotopic (exact) mass is 598 g/mol. The van der Waals surface area contributed by atoms with E-state index in [1.54, 1.807) is 0 Å². The number of rotatable bonds is 0. The zero-order chi connectivity index (χ0) is 19.5. The Morgan fingerprint density at radius 3 is 1.00 bits per heavy atom. The second-order valence-electron chi connectivity index (χ2n) is 8.21. The zero-order valence-corrected chi connectivity index (χ0v) is 23.7. The maximum absolute atomic E-state index is 3.44. The van der Waals surface area contributed by atoms with Gasteiger partial charge < -0.3 is 12.4 Å². The fraction of sp³-hybridized carbons (Fsp3) is 0.542. The number of allylic oxidation sites excluding steroid dienone is 9. The molecule has 0 aromatic heterocycles. The van der Waals surface area contributed by atoms with Crippen LogP contribution >= 0.6 is 0 Å². The third-order valence-corrected chi connectivity index (χ3v) is 5.12. The molecule has 1 radical (unpaired) electrons. The quantitative estimate of drug-likeness (QED) is 0.357. The summed E-state index contributed by atoms with van der Waals surface area (Å²) in [6.07, 6.45) is 6.87. The summed E-state index contributed by atoms with van der Waals surface area (Å²) in [5.41, 5.74) is 9.71. The normalized spacial score (nSPS) is 19.0. The number of halogens is 1. The maximum Gasteiger partial charge on any atom is 3.00 e. The SMILES string of the molecule is C=C([CH2-])C.CC1=[C-]C(C)(C)C(C)=C1C.CC1=[C-]C(C)(C)C(C)=C1C.[Cl-].[U+3]. The Hall–Kier alpha value is -0.0881. The summed E-state index contributed by atoms with van der Waals surface area (Å²) in [7, 11) is 0. The molecule has 26 heavy (non-hydrogen) atoms. The van der Waals surface area contributed by atoms with Crippen molar-refractivity contribution in [2.45, 2.75) is 76.2 Å². The number of hydrogen-bond acceptors (Lipinski definition) is 0. The van der Waals surface area contributed by atoms with Crippen LogP contribution in [-0.4, -0.2) is 0 Å². The largest absolute Gasteiger partial charge is 3.00 e. The van der Waals surface area contributed by atoms with Gasteiger partial charge in [0.05, 0.1) is 0 Å². The summed E-state index contributed by atoms with van der Waals surface area (Å²) in [6, 6.07) is 0. The van der Waals surface area contributed by atoms with Gasteiger partial charge in [-0.3, -0.25) is 12.2 Å². The summed E-state index contributed by atoms with van der Waals surface area (Å²) in [4.78, 5) is 0. The van der Waals surface area contributed by atoms with E-state index >= 15 is 0 Å². The summed E-state index contributed by atoms with van der Waals surface area (Å²) in [6.45, 7) is 30.6. The van der Waals surface area contributed by atoms with Crippen molar-refractivity contribution in [3.8, 4) is 0 Å². The van der Waals surface area contributed by atoms with Gasteiger partial charge in [-0.15, -0.1) is 13.8 Å². The molecule has 0 atom stereocenters. The molecular formula is C24H37ClU-. The van der Waals surface area contributed by atoms with E-state index in [4.69, 9.17) is 0 Å². The van der Waals surface area contributed by atoms with E-state index in [0.717, 1.165) is 5.57 Å². The van der Waals surface area contributed by atoms with E-state index in [1.165, 1.54) is 33.4 Å². The average molecular weight is 599 g/mol. The Kier molecular flexibility index (Phi) is 13.8. The molecule has 2 aliphatic carbocycles. The Balaban J connectivity index is -0.000000319. The van der Waals surface area contributed by atoms with Crippen molar-refractivity contribution in [2.75, 3.05) is 0 Å². The third kappa shape index (κ3) is 8.73. The van der Waals surface area contributed by atoms with Gasteiger partial charge in [0.2, 0.25) is 0 Å². The molecule has 0 heterocycles. The molecule has 0 aromatic carbocycles. The van der Waals surface area contributed by atoms with Crippen LogP contribution in [0, 0.1) is 61.0 Å². The third-order valence-electron chi connectivity index (χ3n) is 5.12. The maximum atomic E-state index is 3.44. The van der Waals surface area contributed by atoms with Gasteiger partial charge in [0, 0.05) is 0 Å². The van der Waals surface area contributed by atoms with Gasteiger partial charge in [-0.1, -0.05) is 73.1 Å². The molecule has 0 amide bonds. The van der Waals surface area contributed by atoms with E-state index < -0.39 is 0 Å². The van der Waals surface area contributed by atoms with Crippen LogP contribution in [0.3, 0.4) is 0 Å². The first-order chi connectivity index (χ1) is 10.6. The topological polar surface area (TPSA) is 0 Å². The van der Waals surface area contributed by atoms with Crippen molar-refractivity contribution >= 4 is 0 Å². The predicted octanol–water partition coefficient (Wildman–Crippen LogP) is 4.62. The second-order valence-corrected chi connectivity index (χ2v) is 8.21. The smallest absolute Gasteiger partial charge is 1.00 e. The Morgan fingerprint density at radius 2 is 0.962 bits per heavy atom. The fourth-order valence-electron chi connectivity index (χ4n) is 2.81. The van der Waals surface area contributed by atoms with Gasteiger partial charge >= 0.3 is 31.1 Å². The molecule has 0 aliphatic heterocycles. The first kappa shape index (κ1) is 30.6. The van der Waals surface area contributed by atoms with Crippen molar-refractivity contribution < 1.29 is 43.5 Å². The van der Waals surface area contributed by atoms with Crippen LogP contribution < -0.4 is 12.4 Å². The van der Waals surface area contributed by atoms with Crippen molar-refractivity contribution in [2.24, 2.45) is 10.8 Å². The van der Waals surface area contributed by atoms with Gasteiger partial charge in [-0.2, -0.15) is 22.3 Å². The molecule has 0 nitrogen and oxygen atoms in total. The minimum atomic E-state index is 0. The van der Waals surface area contributed by atoms with E-state index in [1.807, 2.05) is 6.92 Å². The Labute approximate surface area is 194 Å². The Morgan fingerprint density at radius 1 is 0.769 bits per heavy atom. The van der Waals surface area contributed by atoms with Gasteiger partial charge in [0.15, 0.2) is 0 Å². The van der Waals surface area contributed by atoms with E-state index in [2.05, 4.69) is 94.9 Å². The molecule has 0 unspecified atom stereocenters. The van der Waals surface area contributed by atoms with Gasteiger partial charge in [0.1, 0.15) is 0 Å². The molecule has 0 saturated heterocycles. The number of hydrogen-bond donors (Lipinski definition) is 0. The van der Waals surface area contributed by atoms with Crippen LogP contribution in [0.4, 0.5) is 0 Å². The van der Waals surface area contributed by atoms with Crippen molar-refractivity contribution in [1.29, 1.82) is 0 Å². The minimum absolute atomic E-state index is 0. The fourth-order valence-corrected chi connectivity index (χ4v) is 2.81. The van der Waals surface area contributed by atoms with Gasteiger partial charge in [0.25, 0.3) is 0 Å². The van der Waals surface area contributed by atoms with Crippen LogP contribution in [0.1, 0.15) is 76.2 Å².